The zero-order valence-corrected chi connectivity index (χ0v) is 8.15. The Morgan fingerprint density at radius 2 is 1.59 bits per heavy atom. The normalized spacial score (nSPS) is 9.71. The molecule has 0 aliphatic rings. The molecule has 0 bridgehead atoms. The second-order valence-electron chi connectivity index (χ2n) is 2.82. The summed E-state index contributed by atoms with van der Waals surface area (Å²) < 4.78 is 52.6. The molecule has 0 fully saturated rings. The van der Waals surface area contributed by atoms with Gasteiger partial charge >= 0.3 is 5.97 Å². The van der Waals surface area contributed by atoms with Crippen LogP contribution in [-0.4, -0.2) is 17.6 Å². The molecular formula is C10H5F4NO2. The van der Waals surface area contributed by atoms with Crippen LogP contribution in [0.25, 0.3) is 0 Å². The van der Waals surface area contributed by atoms with Gasteiger partial charge < -0.3 is 10.8 Å². The van der Waals surface area contributed by atoms with Crippen molar-refractivity contribution in [2.75, 3.05) is 6.54 Å². The molecule has 3 N–H and O–H groups in total. The van der Waals surface area contributed by atoms with Gasteiger partial charge in [0, 0.05) is 0 Å². The van der Waals surface area contributed by atoms with Crippen molar-refractivity contribution in [3.05, 3.63) is 34.4 Å². The summed E-state index contributed by atoms with van der Waals surface area (Å²) in [6.07, 6.45) is 0. The van der Waals surface area contributed by atoms with Gasteiger partial charge in [0.2, 0.25) is 0 Å². The van der Waals surface area contributed by atoms with Gasteiger partial charge in [0.15, 0.2) is 23.3 Å². The quantitative estimate of drug-likeness (QED) is 0.446. The summed E-state index contributed by atoms with van der Waals surface area (Å²) in [7, 11) is 0. The maximum atomic E-state index is 13.2. The highest BCUT2D eigenvalue weighted by atomic mass is 19.2. The standard InChI is InChI=1S/C10H5F4NO2/c11-6-4(2-1-3-15)7(12)9(14)5(8(6)13)10(16)17/h3,15H2,(H,16,17). The maximum absolute atomic E-state index is 13.2. The molecule has 3 nitrogen and oxygen atoms in total. The third-order valence-corrected chi connectivity index (χ3v) is 1.79. The molecule has 0 aliphatic carbocycles. The second-order valence-corrected chi connectivity index (χ2v) is 2.82. The molecule has 0 unspecified atom stereocenters. The monoisotopic (exact) mass is 247 g/mol. The zero-order chi connectivity index (χ0) is 13.2. The molecule has 0 heterocycles. The van der Waals surface area contributed by atoms with Crippen LogP contribution < -0.4 is 5.73 Å². The lowest BCUT2D eigenvalue weighted by atomic mass is 10.1. The smallest absolute Gasteiger partial charge is 0.341 e. The molecule has 1 rings (SSSR count). The Labute approximate surface area is 92.8 Å². The number of rotatable bonds is 1. The summed E-state index contributed by atoms with van der Waals surface area (Å²) in [5.41, 5.74) is 2.05. The molecule has 0 aromatic heterocycles. The van der Waals surface area contributed by atoms with Crippen molar-refractivity contribution in [2.45, 2.75) is 0 Å². The third kappa shape index (κ3) is 2.21. The molecule has 90 valence electrons. The first-order valence-electron chi connectivity index (χ1n) is 4.20. The summed E-state index contributed by atoms with van der Waals surface area (Å²) in [6.45, 7) is -0.275. The van der Waals surface area contributed by atoms with Crippen LogP contribution in [-0.2, 0) is 0 Å². The lowest BCUT2D eigenvalue weighted by Crippen LogP contribution is -2.12. The number of carboxylic acid groups (broad SMARTS) is 1. The van der Waals surface area contributed by atoms with Crippen molar-refractivity contribution < 1.29 is 27.5 Å². The molecule has 0 saturated heterocycles. The molecule has 7 heteroatoms. The van der Waals surface area contributed by atoms with Crippen molar-refractivity contribution in [3.8, 4) is 11.8 Å². The van der Waals surface area contributed by atoms with E-state index in [-0.39, 0.29) is 6.54 Å². The minimum absolute atomic E-state index is 0.275. The van der Waals surface area contributed by atoms with E-state index in [1.807, 2.05) is 5.92 Å². The van der Waals surface area contributed by atoms with Crippen molar-refractivity contribution >= 4 is 5.97 Å². The number of aromatic carboxylic acids is 1. The van der Waals surface area contributed by atoms with E-state index < -0.39 is 40.4 Å². The van der Waals surface area contributed by atoms with Crippen LogP contribution in [0.3, 0.4) is 0 Å². The number of nitrogens with two attached hydrogens (primary N) is 1. The molecule has 0 aliphatic heterocycles. The first-order valence-corrected chi connectivity index (χ1v) is 4.20. The molecule has 0 spiro atoms. The minimum atomic E-state index is -2.11. The fourth-order valence-corrected chi connectivity index (χ4v) is 1.07. The van der Waals surface area contributed by atoms with Crippen LogP contribution in [0.1, 0.15) is 15.9 Å². The Morgan fingerprint density at radius 1 is 1.12 bits per heavy atom. The van der Waals surface area contributed by atoms with Crippen LogP contribution in [0, 0.1) is 35.1 Å². The maximum Gasteiger partial charge on any atom is 0.341 e. The summed E-state index contributed by atoms with van der Waals surface area (Å²) in [5.74, 6) is -6.04. The number of carbonyl (C=O) groups is 1. The number of hydrogen-bond donors (Lipinski definition) is 2. The van der Waals surface area contributed by atoms with E-state index >= 15 is 0 Å². The van der Waals surface area contributed by atoms with Crippen molar-refractivity contribution in [3.63, 3.8) is 0 Å². The van der Waals surface area contributed by atoms with Crippen LogP contribution in [0.15, 0.2) is 0 Å². The Hall–Kier alpha value is -2.07. The van der Waals surface area contributed by atoms with Gasteiger partial charge in [-0.1, -0.05) is 11.8 Å². The van der Waals surface area contributed by atoms with E-state index in [2.05, 4.69) is 0 Å². The van der Waals surface area contributed by atoms with Gasteiger partial charge in [-0.05, 0) is 0 Å². The van der Waals surface area contributed by atoms with E-state index in [0.29, 0.717) is 0 Å². The van der Waals surface area contributed by atoms with Crippen LogP contribution in [0.5, 0.6) is 0 Å². The Bertz CT molecular complexity index is 516. The molecular weight excluding hydrogens is 242 g/mol. The minimum Gasteiger partial charge on any atom is -0.477 e. The van der Waals surface area contributed by atoms with Gasteiger partial charge in [-0.3, -0.25) is 0 Å². The topological polar surface area (TPSA) is 63.3 Å². The average Bonchev–Trinajstić information content (AvgIpc) is 2.26. The lowest BCUT2D eigenvalue weighted by molar-refractivity contribution is 0.0683. The van der Waals surface area contributed by atoms with Gasteiger partial charge in [-0.25, -0.2) is 22.4 Å². The van der Waals surface area contributed by atoms with E-state index in [0.717, 1.165) is 0 Å². The van der Waals surface area contributed by atoms with Crippen LogP contribution >= 0.6 is 0 Å². The fourth-order valence-electron chi connectivity index (χ4n) is 1.07. The molecule has 0 radical (unpaired) electrons. The number of benzene rings is 1. The third-order valence-electron chi connectivity index (χ3n) is 1.79. The summed E-state index contributed by atoms with van der Waals surface area (Å²) in [5, 5.41) is 8.39. The largest absolute Gasteiger partial charge is 0.477 e. The summed E-state index contributed by atoms with van der Waals surface area (Å²) >= 11 is 0. The van der Waals surface area contributed by atoms with E-state index in [9.17, 15) is 22.4 Å². The predicted molar refractivity (Wildman–Crippen MR) is 49.2 cm³/mol. The molecule has 0 saturated carbocycles. The van der Waals surface area contributed by atoms with Gasteiger partial charge in [0.05, 0.1) is 6.54 Å². The molecule has 1 aromatic rings. The number of carboxylic acids is 1. The van der Waals surface area contributed by atoms with Gasteiger partial charge in [-0.2, -0.15) is 0 Å². The van der Waals surface area contributed by atoms with Gasteiger partial charge in [0.25, 0.3) is 0 Å². The van der Waals surface area contributed by atoms with Crippen molar-refractivity contribution in [1.29, 1.82) is 0 Å². The summed E-state index contributed by atoms with van der Waals surface area (Å²) in [6, 6.07) is 0. The molecule has 0 atom stereocenters. The van der Waals surface area contributed by atoms with Crippen molar-refractivity contribution in [1.82, 2.24) is 0 Å². The highest BCUT2D eigenvalue weighted by Gasteiger charge is 2.28. The number of halogens is 4. The van der Waals surface area contributed by atoms with E-state index in [1.54, 1.807) is 5.92 Å². The molecule has 0 amide bonds. The first kappa shape index (κ1) is 13.0. The first-order chi connectivity index (χ1) is 7.91. The highest BCUT2D eigenvalue weighted by Crippen LogP contribution is 2.23. The van der Waals surface area contributed by atoms with Crippen LogP contribution in [0.4, 0.5) is 17.6 Å². The SMILES string of the molecule is NCC#Cc1c(F)c(F)c(C(=O)O)c(F)c1F. The average molecular weight is 247 g/mol. The van der Waals surface area contributed by atoms with Gasteiger partial charge in [-0.15, -0.1) is 0 Å². The Balaban J connectivity index is 3.64. The molecule has 17 heavy (non-hydrogen) atoms. The summed E-state index contributed by atoms with van der Waals surface area (Å²) in [4.78, 5) is 10.4. The fraction of sp³-hybridized carbons (Fsp3) is 0.100. The Kier molecular flexibility index (Phi) is 3.70. The Morgan fingerprint density at radius 3 is 1.94 bits per heavy atom. The predicted octanol–water partition coefficient (Wildman–Crippen LogP) is 1.25. The second kappa shape index (κ2) is 4.84. The lowest BCUT2D eigenvalue weighted by Gasteiger charge is -2.05. The van der Waals surface area contributed by atoms with E-state index in [4.69, 9.17) is 10.8 Å². The molecule has 1 aromatic carbocycles. The zero-order valence-electron chi connectivity index (χ0n) is 8.15. The highest BCUT2D eigenvalue weighted by molar-refractivity contribution is 5.88. The number of hydrogen-bond acceptors (Lipinski definition) is 2. The van der Waals surface area contributed by atoms with Gasteiger partial charge in [0.1, 0.15) is 11.1 Å². The van der Waals surface area contributed by atoms with E-state index in [1.165, 1.54) is 0 Å². The van der Waals surface area contributed by atoms with Crippen molar-refractivity contribution in [2.24, 2.45) is 5.73 Å². The van der Waals surface area contributed by atoms with Crippen LogP contribution in [0.2, 0.25) is 0 Å².